The number of carbonyl (C=O) groups is 1. The Kier molecular flexibility index (Phi) is 9.20. The largest absolute Gasteiger partial charge is 0.459 e. The first-order chi connectivity index (χ1) is 15.6. The summed E-state index contributed by atoms with van der Waals surface area (Å²) >= 11 is 12.2. The number of rotatable bonds is 9. The minimum atomic E-state index is -0.0138. The maximum absolute atomic E-state index is 12.3. The van der Waals surface area contributed by atoms with Crippen LogP contribution in [0.15, 0.2) is 40.2 Å². The smallest absolute Gasteiger partial charge is 0.289 e. The summed E-state index contributed by atoms with van der Waals surface area (Å²) in [5, 5.41) is 15.1. The normalized spacial score (nSPS) is 16.1. The topological polar surface area (TPSA) is 107 Å². The van der Waals surface area contributed by atoms with Crippen molar-refractivity contribution in [3.05, 3.63) is 46.6 Å². The van der Waals surface area contributed by atoms with Crippen molar-refractivity contribution >= 4 is 40.8 Å². The third kappa shape index (κ3) is 6.87. The number of guanidine groups is 1. The highest BCUT2D eigenvalue weighted by molar-refractivity contribution is 6.39. The summed E-state index contributed by atoms with van der Waals surface area (Å²) in [5.74, 6) is 1.26. The quantitative estimate of drug-likeness (QED) is 0.174. The van der Waals surface area contributed by atoms with E-state index in [0.29, 0.717) is 39.9 Å². The fraction of sp³-hybridized carbons (Fsp3) is 0.455. The molecule has 0 aromatic carbocycles. The summed E-state index contributed by atoms with van der Waals surface area (Å²) in [5.41, 5.74) is 0.459. The number of hydrogen-bond donors (Lipinski definition) is 2. The monoisotopic (exact) mass is 476 g/mol. The maximum Gasteiger partial charge on any atom is 0.289 e. The van der Waals surface area contributed by atoms with Crippen LogP contribution in [0.5, 0.6) is 0 Å². The Bertz CT molecular complexity index is 938. The molecule has 2 aromatic rings. The molecular weight excluding hydrogens is 451 g/mol. The summed E-state index contributed by atoms with van der Waals surface area (Å²) in [7, 11) is 0. The van der Waals surface area contributed by atoms with Crippen LogP contribution in [0, 0.1) is 17.4 Å². The average Bonchev–Trinajstić information content (AvgIpc) is 3.47. The lowest BCUT2D eigenvalue weighted by Gasteiger charge is -2.15. The predicted molar refractivity (Wildman–Crippen MR) is 125 cm³/mol. The number of nitrogens with one attached hydrogen (secondary N) is 2. The molecule has 10 heteroatoms. The highest BCUT2D eigenvalue weighted by Gasteiger charge is 2.27. The molecule has 170 valence electrons. The maximum atomic E-state index is 12.3. The molecular formula is C22H26Cl2N6O2. The van der Waals surface area contributed by atoms with E-state index in [1.54, 1.807) is 12.1 Å². The van der Waals surface area contributed by atoms with Gasteiger partial charge in [-0.3, -0.25) is 20.1 Å². The number of pyridine rings is 1. The number of aliphatic imine (C=N–C) groups is 1. The van der Waals surface area contributed by atoms with Crippen LogP contribution < -0.4 is 10.6 Å². The van der Waals surface area contributed by atoms with Crippen LogP contribution in [0.1, 0.15) is 49.1 Å². The Morgan fingerprint density at radius 1 is 1.28 bits per heavy atom. The van der Waals surface area contributed by atoms with E-state index in [1.807, 2.05) is 11.1 Å². The first kappa shape index (κ1) is 23.9. The SMILES string of the molecule is N#CNC(=NCCCCCCC1CCN(C(=O)c2ccco2)C1)Nc1c(Cl)cncc1Cl. The summed E-state index contributed by atoms with van der Waals surface area (Å²) in [6.45, 7) is 2.18. The number of halogens is 2. The molecule has 2 N–H and O–H groups in total. The summed E-state index contributed by atoms with van der Waals surface area (Å²) in [6.07, 6.45) is 12.7. The van der Waals surface area contributed by atoms with Crippen LogP contribution in [0.3, 0.4) is 0 Å². The zero-order valence-corrected chi connectivity index (χ0v) is 19.2. The van der Waals surface area contributed by atoms with Crippen LogP contribution in [-0.2, 0) is 0 Å². The van der Waals surface area contributed by atoms with Crippen molar-refractivity contribution in [3.63, 3.8) is 0 Å². The number of unbranched alkanes of at least 4 members (excludes halogenated alkanes) is 3. The van der Waals surface area contributed by atoms with E-state index in [0.717, 1.165) is 51.6 Å². The van der Waals surface area contributed by atoms with E-state index in [9.17, 15) is 4.79 Å². The molecule has 1 unspecified atom stereocenters. The Labute approximate surface area is 197 Å². The number of nitrogens with zero attached hydrogens (tertiary/aromatic N) is 4. The Balaban J connectivity index is 1.33. The van der Waals surface area contributed by atoms with Gasteiger partial charge in [-0.1, -0.05) is 42.5 Å². The van der Waals surface area contributed by atoms with Crippen molar-refractivity contribution in [3.8, 4) is 6.19 Å². The van der Waals surface area contributed by atoms with Gasteiger partial charge in [0.05, 0.1) is 22.0 Å². The predicted octanol–water partition coefficient (Wildman–Crippen LogP) is 4.93. The van der Waals surface area contributed by atoms with E-state index >= 15 is 0 Å². The number of hydrogen-bond acceptors (Lipinski definition) is 5. The van der Waals surface area contributed by atoms with Crippen molar-refractivity contribution in [1.29, 1.82) is 5.26 Å². The van der Waals surface area contributed by atoms with Crippen molar-refractivity contribution < 1.29 is 9.21 Å². The first-order valence-electron chi connectivity index (χ1n) is 10.7. The fourth-order valence-electron chi connectivity index (χ4n) is 3.71. The van der Waals surface area contributed by atoms with Crippen LogP contribution in [0.2, 0.25) is 10.0 Å². The molecule has 32 heavy (non-hydrogen) atoms. The van der Waals surface area contributed by atoms with Crippen LogP contribution in [0.4, 0.5) is 5.69 Å². The van der Waals surface area contributed by atoms with Crippen molar-refractivity contribution in [2.24, 2.45) is 10.9 Å². The fourth-order valence-corrected chi connectivity index (χ4v) is 4.17. The Morgan fingerprint density at radius 3 is 2.78 bits per heavy atom. The Morgan fingerprint density at radius 2 is 2.06 bits per heavy atom. The van der Waals surface area contributed by atoms with Gasteiger partial charge in [0.1, 0.15) is 0 Å². The number of furan rings is 1. The minimum absolute atomic E-state index is 0.0138. The Hall–Kier alpha value is -2.76. The van der Waals surface area contributed by atoms with Gasteiger partial charge in [-0.15, -0.1) is 0 Å². The number of aromatic nitrogens is 1. The zero-order chi connectivity index (χ0) is 22.8. The van der Waals surface area contributed by atoms with Gasteiger partial charge in [0.2, 0.25) is 5.96 Å². The van der Waals surface area contributed by atoms with Crippen LogP contribution in [0.25, 0.3) is 0 Å². The van der Waals surface area contributed by atoms with Gasteiger partial charge in [0.25, 0.3) is 5.91 Å². The second kappa shape index (κ2) is 12.3. The van der Waals surface area contributed by atoms with Crippen molar-refractivity contribution in [2.75, 3.05) is 25.0 Å². The van der Waals surface area contributed by atoms with Gasteiger partial charge >= 0.3 is 0 Å². The lowest BCUT2D eigenvalue weighted by atomic mass is 10.00. The molecule has 0 bridgehead atoms. The van der Waals surface area contributed by atoms with Crippen molar-refractivity contribution in [1.82, 2.24) is 15.2 Å². The van der Waals surface area contributed by atoms with Crippen molar-refractivity contribution in [2.45, 2.75) is 38.5 Å². The van der Waals surface area contributed by atoms with Gasteiger partial charge < -0.3 is 14.6 Å². The molecule has 1 fully saturated rings. The number of likely N-dealkylation sites (tertiary alicyclic amines) is 1. The molecule has 1 saturated heterocycles. The molecule has 3 heterocycles. The molecule has 3 rings (SSSR count). The average molecular weight is 477 g/mol. The third-order valence-corrected chi connectivity index (χ3v) is 5.94. The van der Waals surface area contributed by atoms with Crippen LogP contribution >= 0.6 is 23.2 Å². The second-order valence-electron chi connectivity index (χ2n) is 7.66. The number of anilines is 1. The molecule has 2 aromatic heterocycles. The summed E-state index contributed by atoms with van der Waals surface area (Å²) in [6, 6.07) is 3.45. The van der Waals surface area contributed by atoms with Gasteiger partial charge in [-0.05, 0) is 37.3 Å². The molecule has 1 aliphatic heterocycles. The molecule has 8 nitrogen and oxygen atoms in total. The highest BCUT2D eigenvalue weighted by Crippen LogP contribution is 2.28. The molecule has 0 saturated carbocycles. The lowest BCUT2D eigenvalue weighted by molar-refractivity contribution is 0.0755. The van der Waals surface area contributed by atoms with Gasteiger partial charge in [-0.2, -0.15) is 5.26 Å². The highest BCUT2D eigenvalue weighted by atomic mass is 35.5. The van der Waals surface area contributed by atoms with E-state index in [4.69, 9.17) is 32.9 Å². The standard InChI is InChI=1S/C22H26Cl2N6O2/c23-17-12-26-13-18(24)20(17)29-22(28-15-25)27-9-4-2-1-3-6-16-8-10-30(14-16)21(31)19-7-5-11-32-19/h5,7,11-13,16H,1-4,6,8-10,14H2,(H2,26,27,28,29). The van der Waals surface area contributed by atoms with E-state index in [2.05, 4.69) is 20.6 Å². The molecule has 1 amide bonds. The zero-order valence-electron chi connectivity index (χ0n) is 17.7. The summed E-state index contributed by atoms with van der Waals surface area (Å²) in [4.78, 5) is 22.5. The van der Waals surface area contributed by atoms with E-state index in [1.165, 1.54) is 18.7 Å². The van der Waals surface area contributed by atoms with Gasteiger partial charge in [0, 0.05) is 32.0 Å². The molecule has 0 spiro atoms. The van der Waals surface area contributed by atoms with Gasteiger partial charge in [0.15, 0.2) is 12.0 Å². The molecule has 1 aliphatic rings. The molecule has 1 atom stereocenters. The third-order valence-electron chi connectivity index (χ3n) is 5.37. The molecule has 0 radical (unpaired) electrons. The number of nitriles is 1. The van der Waals surface area contributed by atoms with Crippen LogP contribution in [-0.4, -0.2) is 41.4 Å². The van der Waals surface area contributed by atoms with Gasteiger partial charge in [-0.25, -0.2) is 0 Å². The first-order valence-corrected chi connectivity index (χ1v) is 11.4. The number of carbonyl (C=O) groups excluding carboxylic acids is 1. The lowest BCUT2D eigenvalue weighted by Crippen LogP contribution is -2.28. The summed E-state index contributed by atoms with van der Waals surface area (Å²) < 4.78 is 5.21. The number of amides is 1. The minimum Gasteiger partial charge on any atom is -0.459 e. The van der Waals surface area contributed by atoms with E-state index < -0.39 is 0 Å². The molecule has 0 aliphatic carbocycles. The van der Waals surface area contributed by atoms with E-state index in [-0.39, 0.29) is 5.91 Å². The second-order valence-corrected chi connectivity index (χ2v) is 8.47.